The maximum Gasteiger partial charge on any atom is 0.283 e. The fourth-order valence-corrected chi connectivity index (χ4v) is 3.21. The van der Waals surface area contributed by atoms with Crippen molar-refractivity contribution in [2.45, 2.75) is 24.7 Å². The number of nitrogens with zero attached hydrogens (tertiary/aromatic N) is 2. The first-order valence-corrected chi connectivity index (χ1v) is 7.87. The van der Waals surface area contributed by atoms with Gasteiger partial charge in [-0.1, -0.05) is 0 Å². The van der Waals surface area contributed by atoms with Crippen LogP contribution in [-0.4, -0.2) is 39.3 Å². The first kappa shape index (κ1) is 13.9. The average molecular weight is 281 g/mol. The van der Waals surface area contributed by atoms with Crippen molar-refractivity contribution in [2.24, 2.45) is 4.40 Å². The number of amidine groups is 1. The van der Waals surface area contributed by atoms with Crippen LogP contribution in [0.5, 0.6) is 0 Å². The molecular weight excluding hydrogens is 262 g/mol. The van der Waals surface area contributed by atoms with Crippen molar-refractivity contribution < 1.29 is 8.42 Å². The van der Waals surface area contributed by atoms with E-state index in [0.29, 0.717) is 5.84 Å². The fourth-order valence-electron chi connectivity index (χ4n) is 2.14. The maximum atomic E-state index is 12.2. The minimum atomic E-state index is -3.59. The molecule has 2 rings (SSSR count). The van der Waals surface area contributed by atoms with Gasteiger partial charge in [-0.15, -0.1) is 4.40 Å². The summed E-state index contributed by atoms with van der Waals surface area (Å²) in [5.74, 6) is 0.681. The first-order valence-electron chi connectivity index (χ1n) is 6.43. The Bertz CT molecular complexity index is 564. The Hall–Kier alpha value is -1.56. The zero-order chi connectivity index (χ0) is 13.9. The summed E-state index contributed by atoms with van der Waals surface area (Å²) in [6.07, 6.45) is 1.71. The zero-order valence-corrected chi connectivity index (χ0v) is 12.1. The van der Waals surface area contributed by atoms with E-state index in [9.17, 15) is 8.42 Å². The Morgan fingerprint density at radius 1 is 1.32 bits per heavy atom. The monoisotopic (exact) mass is 281 g/mol. The van der Waals surface area contributed by atoms with E-state index in [-0.39, 0.29) is 4.90 Å². The molecule has 1 aromatic rings. The number of benzene rings is 1. The smallest absolute Gasteiger partial charge is 0.283 e. The third-order valence-electron chi connectivity index (χ3n) is 3.24. The van der Waals surface area contributed by atoms with Gasteiger partial charge in [0.25, 0.3) is 10.0 Å². The van der Waals surface area contributed by atoms with Crippen molar-refractivity contribution in [2.75, 3.05) is 25.5 Å². The van der Waals surface area contributed by atoms with Crippen molar-refractivity contribution in [3.05, 3.63) is 24.3 Å². The molecule has 1 N–H and O–H groups in total. The average Bonchev–Trinajstić information content (AvgIpc) is 2.85. The van der Waals surface area contributed by atoms with Gasteiger partial charge in [0.05, 0.1) is 4.90 Å². The summed E-state index contributed by atoms with van der Waals surface area (Å²) in [6.45, 7) is 3.70. The second-order valence-electron chi connectivity index (χ2n) is 4.44. The molecule has 1 heterocycles. The van der Waals surface area contributed by atoms with Crippen molar-refractivity contribution in [1.29, 1.82) is 0 Å². The molecule has 0 bridgehead atoms. The molecule has 0 amide bonds. The number of nitrogens with one attached hydrogen (secondary N) is 1. The third kappa shape index (κ3) is 3.07. The van der Waals surface area contributed by atoms with E-state index in [0.717, 1.165) is 31.6 Å². The fraction of sp³-hybridized carbons (Fsp3) is 0.462. The zero-order valence-electron chi connectivity index (χ0n) is 11.3. The van der Waals surface area contributed by atoms with Crippen LogP contribution in [0.1, 0.15) is 19.8 Å². The molecular formula is C13H19N3O2S. The highest BCUT2D eigenvalue weighted by atomic mass is 32.2. The largest absolute Gasteiger partial charge is 0.388 e. The summed E-state index contributed by atoms with van der Waals surface area (Å²) >= 11 is 0. The van der Waals surface area contributed by atoms with E-state index in [1.807, 2.05) is 11.8 Å². The standard InChI is InChI=1S/C13H19N3O2S/c1-3-16-10-4-5-13(16)15-19(17,18)12-8-6-11(14-2)7-9-12/h6-9,14H,3-5,10H2,1-2H3. The Labute approximate surface area is 114 Å². The van der Waals surface area contributed by atoms with Crippen molar-refractivity contribution in [3.8, 4) is 0 Å². The van der Waals surface area contributed by atoms with Gasteiger partial charge in [0, 0.05) is 32.2 Å². The van der Waals surface area contributed by atoms with Crippen LogP contribution in [0.15, 0.2) is 33.6 Å². The highest BCUT2D eigenvalue weighted by Gasteiger charge is 2.21. The number of sulfonamides is 1. The second kappa shape index (κ2) is 5.61. The minimum absolute atomic E-state index is 0.238. The summed E-state index contributed by atoms with van der Waals surface area (Å²) in [7, 11) is -1.80. The van der Waals surface area contributed by atoms with Gasteiger partial charge < -0.3 is 10.2 Å². The normalized spacial score (nSPS) is 18.0. The quantitative estimate of drug-likeness (QED) is 0.916. The van der Waals surface area contributed by atoms with Gasteiger partial charge in [0.15, 0.2) is 0 Å². The Kier molecular flexibility index (Phi) is 4.09. The second-order valence-corrected chi connectivity index (χ2v) is 6.04. The van der Waals surface area contributed by atoms with E-state index in [1.165, 1.54) is 0 Å². The molecule has 0 saturated carbocycles. The molecule has 0 unspecified atom stereocenters. The van der Waals surface area contributed by atoms with Gasteiger partial charge in [-0.2, -0.15) is 8.42 Å². The third-order valence-corrected chi connectivity index (χ3v) is 4.56. The number of anilines is 1. The SMILES string of the molecule is CCN1CCCC1=NS(=O)(=O)c1ccc(NC)cc1. The lowest BCUT2D eigenvalue weighted by atomic mass is 10.3. The summed E-state index contributed by atoms with van der Waals surface area (Å²) < 4.78 is 28.4. The van der Waals surface area contributed by atoms with Crippen LogP contribution in [0.3, 0.4) is 0 Å². The van der Waals surface area contributed by atoms with E-state index < -0.39 is 10.0 Å². The topological polar surface area (TPSA) is 61.8 Å². The molecule has 0 spiro atoms. The molecule has 1 fully saturated rings. The molecule has 0 radical (unpaired) electrons. The molecule has 0 aromatic heterocycles. The lowest BCUT2D eigenvalue weighted by molar-refractivity contribution is 0.479. The molecule has 5 nitrogen and oxygen atoms in total. The molecule has 104 valence electrons. The van der Waals surface area contributed by atoms with Crippen molar-refractivity contribution >= 4 is 21.5 Å². The number of hydrogen-bond acceptors (Lipinski definition) is 3. The van der Waals surface area contributed by atoms with Crippen LogP contribution in [0.25, 0.3) is 0 Å². The van der Waals surface area contributed by atoms with E-state index in [2.05, 4.69) is 9.71 Å². The molecule has 19 heavy (non-hydrogen) atoms. The lowest BCUT2D eigenvalue weighted by Crippen LogP contribution is -2.25. The van der Waals surface area contributed by atoms with E-state index in [1.54, 1.807) is 31.3 Å². The summed E-state index contributed by atoms with van der Waals surface area (Å²) in [5, 5.41) is 2.96. The highest BCUT2D eigenvalue weighted by molar-refractivity contribution is 7.90. The van der Waals surface area contributed by atoms with Crippen LogP contribution < -0.4 is 5.32 Å². The van der Waals surface area contributed by atoms with Gasteiger partial charge in [0.2, 0.25) is 0 Å². The van der Waals surface area contributed by atoms with E-state index >= 15 is 0 Å². The van der Waals surface area contributed by atoms with Crippen LogP contribution in [0, 0.1) is 0 Å². The van der Waals surface area contributed by atoms with E-state index in [4.69, 9.17) is 0 Å². The van der Waals surface area contributed by atoms with Gasteiger partial charge in [-0.05, 0) is 37.6 Å². The molecule has 1 aliphatic rings. The van der Waals surface area contributed by atoms with Gasteiger partial charge in [0.1, 0.15) is 5.84 Å². The summed E-state index contributed by atoms with van der Waals surface area (Å²) in [6, 6.07) is 6.63. The molecule has 1 saturated heterocycles. The Morgan fingerprint density at radius 3 is 2.58 bits per heavy atom. The predicted molar refractivity (Wildman–Crippen MR) is 77.1 cm³/mol. The van der Waals surface area contributed by atoms with Crippen LogP contribution >= 0.6 is 0 Å². The number of rotatable bonds is 4. The van der Waals surface area contributed by atoms with Crippen LogP contribution in [0.4, 0.5) is 5.69 Å². The summed E-state index contributed by atoms with van der Waals surface area (Å²) in [4.78, 5) is 2.25. The highest BCUT2D eigenvalue weighted by Crippen LogP contribution is 2.19. The van der Waals surface area contributed by atoms with Crippen molar-refractivity contribution in [3.63, 3.8) is 0 Å². The maximum absolute atomic E-state index is 12.2. The van der Waals surface area contributed by atoms with Gasteiger partial charge in [-0.3, -0.25) is 0 Å². The predicted octanol–water partition coefficient (Wildman–Crippen LogP) is 1.93. The Balaban J connectivity index is 2.29. The number of likely N-dealkylation sites (tertiary alicyclic amines) is 1. The van der Waals surface area contributed by atoms with Gasteiger partial charge in [-0.25, -0.2) is 0 Å². The summed E-state index contributed by atoms with van der Waals surface area (Å²) in [5.41, 5.74) is 0.877. The van der Waals surface area contributed by atoms with Gasteiger partial charge >= 0.3 is 0 Å². The lowest BCUT2D eigenvalue weighted by Gasteiger charge is -2.15. The van der Waals surface area contributed by atoms with Crippen LogP contribution in [0.2, 0.25) is 0 Å². The van der Waals surface area contributed by atoms with Crippen LogP contribution in [-0.2, 0) is 10.0 Å². The molecule has 1 aliphatic heterocycles. The number of hydrogen-bond donors (Lipinski definition) is 1. The first-order chi connectivity index (χ1) is 9.06. The Morgan fingerprint density at radius 2 is 2.00 bits per heavy atom. The van der Waals surface area contributed by atoms with Crippen molar-refractivity contribution in [1.82, 2.24) is 4.90 Å². The molecule has 0 aliphatic carbocycles. The molecule has 1 aromatic carbocycles. The molecule has 6 heteroatoms. The molecule has 0 atom stereocenters. The minimum Gasteiger partial charge on any atom is -0.388 e.